The molecular formula is C16H14N2O2S. The van der Waals surface area contributed by atoms with Crippen molar-refractivity contribution in [3.05, 3.63) is 58.3 Å². The van der Waals surface area contributed by atoms with Crippen LogP contribution in [0.5, 0.6) is 0 Å². The van der Waals surface area contributed by atoms with Crippen molar-refractivity contribution in [2.75, 3.05) is 11.9 Å². The van der Waals surface area contributed by atoms with Gasteiger partial charge in [0.05, 0.1) is 5.52 Å². The molecule has 2 N–H and O–H groups in total. The van der Waals surface area contributed by atoms with Crippen LogP contribution in [0.2, 0.25) is 0 Å². The number of carboxylic acid groups (broad SMARTS) is 1. The number of hydrogen-bond acceptors (Lipinski definition) is 4. The van der Waals surface area contributed by atoms with Gasteiger partial charge in [-0.15, -0.1) is 11.3 Å². The predicted octanol–water partition coefficient (Wildman–Crippen LogP) is 3.65. The van der Waals surface area contributed by atoms with Crippen LogP contribution in [-0.4, -0.2) is 22.6 Å². The molecule has 0 saturated carbocycles. The van der Waals surface area contributed by atoms with Gasteiger partial charge in [-0.2, -0.15) is 0 Å². The third-order valence-electron chi connectivity index (χ3n) is 3.20. The number of pyridine rings is 1. The van der Waals surface area contributed by atoms with E-state index in [9.17, 15) is 9.90 Å². The van der Waals surface area contributed by atoms with Crippen LogP contribution < -0.4 is 5.32 Å². The minimum Gasteiger partial charge on any atom is -0.478 e. The molecule has 0 saturated heterocycles. The van der Waals surface area contributed by atoms with Crippen molar-refractivity contribution in [2.45, 2.75) is 6.42 Å². The molecule has 21 heavy (non-hydrogen) atoms. The number of aromatic nitrogens is 1. The Morgan fingerprint density at radius 1 is 1.24 bits per heavy atom. The maximum absolute atomic E-state index is 11.4. The highest BCUT2D eigenvalue weighted by atomic mass is 32.1. The van der Waals surface area contributed by atoms with Crippen molar-refractivity contribution in [1.29, 1.82) is 0 Å². The van der Waals surface area contributed by atoms with Gasteiger partial charge in [0.2, 0.25) is 0 Å². The zero-order valence-corrected chi connectivity index (χ0v) is 12.1. The lowest BCUT2D eigenvalue weighted by Crippen LogP contribution is -2.11. The molecule has 106 valence electrons. The van der Waals surface area contributed by atoms with Gasteiger partial charge in [-0.25, -0.2) is 9.78 Å². The zero-order valence-electron chi connectivity index (χ0n) is 11.2. The zero-order chi connectivity index (χ0) is 14.7. The number of nitrogens with one attached hydrogen (secondary N) is 1. The lowest BCUT2D eigenvalue weighted by molar-refractivity contribution is 0.0698. The number of benzene rings is 1. The van der Waals surface area contributed by atoms with Crippen LogP contribution in [0.1, 0.15) is 15.2 Å². The number of hydrogen-bond donors (Lipinski definition) is 2. The fraction of sp³-hybridized carbons (Fsp3) is 0.125. The molecule has 4 nitrogen and oxygen atoms in total. The molecule has 0 aliphatic rings. The van der Waals surface area contributed by atoms with Gasteiger partial charge in [0.1, 0.15) is 11.4 Å². The third kappa shape index (κ3) is 3.03. The molecule has 0 spiro atoms. The number of carbonyl (C=O) groups is 1. The predicted molar refractivity (Wildman–Crippen MR) is 85.2 cm³/mol. The number of nitrogens with zero attached hydrogens (tertiary/aromatic N) is 1. The van der Waals surface area contributed by atoms with Crippen LogP contribution in [0.15, 0.2) is 47.8 Å². The molecule has 0 radical (unpaired) electrons. The number of fused-ring (bicyclic) bond motifs is 1. The first-order chi connectivity index (χ1) is 10.2. The summed E-state index contributed by atoms with van der Waals surface area (Å²) in [6.45, 7) is 0.659. The normalized spacial score (nSPS) is 10.7. The Hall–Kier alpha value is -2.40. The van der Waals surface area contributed by atoms with Crippen LogP contribution in [0.3, 0.4) is 0 Å². The molecule has 0 aliphatic carbocycles. The minimum atomic E-state index is -0.966. The number of thiophene rings is 1. The minimum absolute atomic E-state index is 0.208. The van der Waals surface area contributed by atoms with Crippen molar-refractivity contribution in [3.63, 3.8) is 0 Å². The Morgan fingerprint density at radius 2 is 2.10 bits per heavy atom. The van der Waals surface area contributed by atoms with Crippen molar-refractivity contribution >= 4 is 34.0 Å². The SMILES string of the molecule is O=C(O)c1cc2ccccc2nc1NCCc1cccs1. The Bertz CT molecular complexity index is 769. The van der Waals surface area contributed by atoms with Crippen LogP contribution in [0.25, 0.3) is 10.9 Å². The molecule has 0 amide bonds. The van der Waals surface area contributed by atoms with E-state index in [2.05, 4.69) is 16.4 Å². The highest BCUT2D eigenvalue weighted by Crippen LogP contribution is 2.20. The summed E-state index contributed by atoms with van der Waals surface area (Å²) < 4.78 is 0. The van der Waals surface area contributed by atoms with Gasteiger partial charge in [0.25, 0.3) is 0 Å². The topological polar surface area (TPSA) is 62.2 Å². The Balaban J connectivity index is 1.85. The smallest absolute Gasteiger partial charge is 0.339 e. The van der Waals surface area contributed by atoms with Crippen molar-refractivity contribution < 1.29 is 9.90 Å². The average molecular weight is 298 g/mol. The van der Waals surface area contributed by atoms with Gasteiger partial charge in [0, 0.05) is 16.8 Å². The first-order valence-electron chi connectivity index (χ1n) is 6.63. The summed E-state index contributed by atoms with van der Waals surface area (Å²) in [5.41, 5.74) is 1.00. The molecule has 0 aliphatic heterocycles. The maximum atomic E-state index is 11.4. The van der Waals surface area contributed by atoms with E-state index in [-0.39, 0.29) is 5.56 Å². The maximum Gasteiger partial charge on any atom is 0.339 e. The largest absolute Gasteiger partial charge is 0.478 e. The second-order valence-corrected chi connectivity index (χ2v) is 5.67. The molecule has 2 aromatic heterocycles. The second kappa shape index (κ2) is 5.93. The van der Waals surface area contributed by atoms with E-state index in [1.807, 2.05) is 35.7 Å². The summed E-state index contributed by atoms with van der Waals surface area (Å²) in [5, 5.41) is 15.3. The van der Waals surface area contributed by atoms with Gasteiger partial charge in [-0.3, -0.25) is 0 Å². The van der Waals surface area contributed by atoms with E-state index in [1.165, 1.54) is 4.88 Å². The van der Waals surface area contributed by atoms with E-state index in [0.717, 1.165) is 17.3 Å². The number of aromatic carboxylic acids is 1. The monoisotopic (exact) mass is 298 g/mol. The number of carboxylic acids is 1. The summed E-state index contributed by atoms with van der Waals surface area (Å²) in [6.07, 6.45) is 0.852. The molecule has 1 aromatic carbocycles. The Labute approximate surface area is 126 Å². The van der Waals surface area contributed by atoms with Gasteiger partial charge < -0.3 is 10.4 Å². The molecule has 2 heterocycles. The van der Waals surface area contributed by atoms with Gasteiger partial charge in [-0.05, 0) is 30.0 Å². The van der Waals surface area contributed by atoms with Crippen molar-refractivity contribution in [3.8, 4) is 0 Å². The average Bonchev–Trinajstić information content (AvgIpc) is 2.99. The molecule has 5 heteroatoms. The Kier molecular flexibility index (Phi) is 3.83. The molecule has 3 aromatic rings. The highest BCUT2D eigenvalue weighted by Gasteiger charge is 2.12. The van der Waals surface area contributed by atoms with E-state index in [0.29, 0.717) is 12.4 Å². The van der Waals surface area contributed by atoms with Crippen LogP contribution in [0.4, 0.5) is 5.82 Å². The number of anilines is 1. The molecule has 3 rings (SSSR count). The first-order valence-corrected chi connectivity index (χ1v) is 7.51. The van der Waals surface area contributed by atoms with E-state index < -0.39 is 5.97 Å². The second-order valence-electron chi connectivity index (χ2n) is 4.64. The van der Waals surface area contributed by atoms with E-state index in [1.54, 1.807) is 17.4 Å². The third-order valence-corrected chi connectivity index (χ3v) is 4.13. The lowest BCUT2D eigenvalue weighted by atomic mass is 10.1. The summed E-state index contributed by atoms with van der Waals surface area (Å²) in [5.74, 6) is -0.537. The fourth-order valence-corrected chi connectivity index (χ4v) is 2.88. The van der Waals surface area contributed by atoms with Gasteiger partial charge in [-0.1, -0.05) is 24.3 Å². The molecule has 0 atom stereocenters. The van der Waals surface area contributed by atoms with Crippen LogP contribution in [0, 0.1) is 0 Å². The highest BCUT2D eigenvalue weighted by molar-refractivity contribution is 7.09. The summed E-state index contributed by atoms with van der Waals surface area (Å²) in [4.78, 5) is 17.1. The van der Waals surface area contributed by atoms with E-state index in [4.69, 9.17) is 0 Å². The van der Waals surface area contributed by atoms with E-state index >= 15 is 0 Å². The first kappa shape index (κ1) is 13.6. The lowest BCUT2D eigenvalue weighted by Gasteiger charge is -2.09. The molecule has 0 fully saturated rings. The molecule has 0 bridgehead atoms. The summed E-state index contributed by atoms with van der Waals surface area (Å²) >= 11 is 1.69. The van der Waals surface area contributed by atoms with Crippen LogP contribution in [-0.2, 0) is 6.42 Å². The summed E-state index contributed by atoms with van der Waals surface area (Å²) in [6, 6.07) is 13.3. The summed E-state index contributed by atoms with van der Waals surface area (Å²) in [7, 11) is 0. The number of rotatable bonds is 5. The van der Waals surface area contributed by atoms with Crippen molar-refractivity contribution in [1.82, 2.24) is 4.98 Å². The number of para-hydroxylation sites is 1. The quantitative estimate of drug-likeness (QED) is 0.754. The molecule has 0 unspecified atom stereocenters. The standard InChI is InChI=1S/C16H14N2O2S/c19-16(20)13-10-11-4-1-2-6-14(11)18-15(13)17-8-7-12-5-3-9-21-12/h1-6,9-10H,7-8H2,(H,17,18)(H,19,20). The van der Waals surface area contributed by atoms with Crippen molar-refractivity contribution in [2.24, 2.45) is 0 Å². The Morgan fingerprint density at radius 3 is 2.86 bits per heavy atom. The van der Waals surface area contributed by atoms with Gasteiger partial charge >= 0.3 is 5.97 Å². The fourth-order valence-electron chi connectivity index (χ4n) is 2.17. The van der Waals surface area contributed by atoms with Gasteiger partial charge in [0.15, 0.2) is 0 Å². The van der Waals surface area contributed by atoms with Crippen LogP contribution >= 0.6 is 11.3 Å². The molecular weight excluding hydrogens is 284 g/mol.